The maximum Gasteiger partial charge on any atom is 0.159 e. The largest absolute Gasteiger partial charge is 0.495 e. The van der Waals surface area contributed by atoms with E-state index in [-0.39, 0.29) is 12.0 Å². The van der Waals surface area contributed by atoms with E-state index in [2.05, 4.69) is 11.8 Å². The summed E-state index contributed by atoms with van der Waals surface area (Å²) >= 11 is 12.6. The van der Waals surface area contributed by atoms with Crippen LogP contribution in [0.4, 0.5) is 0 Å². The van der Waals surface area contributed by atoms with Crippen LogP contribution in [0.1, 0.15) is 18.9 Å². The zero-order chi connectivity index (χ0) is 16.3. The molecule has 1 heterocycles. The van der Waals surface area contributed by atoms with Gasteiger partial charge in [-0.15, -0.1) is 0 Å². The Balaban J connectivity index is 2.28. The number of hydrogen-bond donors (Lipinski definition) is 1. The predicted molar refractivity (Wildman–Crippen MR) is 89.5 cm³/mol. The van der Waals surface area contributed by atoms with Gasteiger partial charge in [0, 0.05) is 19.0 Å². The Hall–Kier alpha value is -0.680. The average Bonchev–Trinajstić information content (AvgIpc) is 2.50. The number of nitrogens with zero attached hydrogens (tertiary/aromatic N) is 1. The minimum atomic E-state index is -0.313. The Labute approximate surface area is 141 Å². The van der Waals surface area contributed by atoms with E-state index in [0.29, 0.717) is 28.0 Å². The van der Waals surface area contributed by atoms with Crippen LogP contribution in [-0.4, -0.2) is 50.0 Å². The summed E-state index contributed by atoms with van der Waals surface area (Å²) in [6.45, 7) is 4.93. The second-order valence-corrected chi connectivity index (χ2v) is 6.40. The van der Waals surface area contributed by atoms with Gasteiger partial charge < -0.3 is 19.5 Å². The fraction of sp³-hybridized carbons (Fsp3) is 0.625. The Morgan fingerprint density at radius 2 is 1.95 bits per heavy atom. The second-order valence-electron chi connectivity index (χ2n) is 5.61. The van der Waals surface area contributed by atoms with E-state index in [1.807, 2.05) is 6.07 Å². The van der Waals surface area contributed by atoms with Gasteiger partial charge in [-0.05, 0) is 31.0 Å². The van der Waals surface area contributed by atoms with Crippen LogP contribution in [0.2, 0.25) is 10.0 Å². The standard InChI is InChI=1S/C16H23Cl2NO3/c1-4-19-6-5-13(20)11(9-19)7-10-8-12(17)16(22-3)14(18)15(10)21-2/h8,11,13,20H,4-7,9H2,1-3H3. The summed E-state index contributed by atoms with van der Waals surface area (Å²) in [6, 6.07) is 1.82. The van der Waals surface area contributed by atoms with Crippen molar-refractivity contribution in [3.63, 3.8) is 0 Å². The molecule has 0 aliphatic carbocycles. The molecule has 0 spiro atoms. The van der Waals surface area contributed by atoms with E-state index < -0.39 is 0 Å². The quantitative estimate of drug-likeness (QED) is 0.887. The minimum Gasteiger partial charge on any atom is -0.495 e. The molecule has 6 heteroatoms. The molecule has 1 aliphatic rings. The van der Waals surface area contributed by atoms with E-state index in [9.17, 15) is 5.11 Å². The van der Waals surface area contributed by atoms with Gasteiger partial charge in [0.1, 0.15) is 10.8 Å². The van der Waals surface area contributed by atoms with Crippen LogP contribution in [0.3, 0.4) is 0 Å². The van der Waals surface area contributed by atoms with Gasteiger partial charge >= 0.3 is 0 Å². The molecule has 1 saturated heterocycles. The summed E-state index contributed by atoms with van der Waals surface area (Å²) in [7, 11) is 3.10. The summed E-state index contributed by atoms with van der Waals surface area (Å²) in [6.07, 6.45) is 1.15. The van der Waals surface area contributed by atoms with Crippen molar-refractivity contribution in [3.8, 4) is 11.5 Å². The van der Waals surface area contributed by atoms with Gasteiger partial charge in [-0.1, -0.05) is 30.1 Å². The number of piperidine rings is 1. The topological polar surface area (TPSA) is 41.9 Å². The Morgan fingerprint density at radius 3 is 2.55 bits per heavy atom. The molecule has 1 aromatic rings. The molecule has 0 radical (unpaired) electrons. The average molecular weight is 348 g/mol. The molecular weight excluding hydrogens is 325 g/mol. The van der Waals surface area contributed by atoms with Gasteiger partial charge in [-0.3, -0.25) is 0 Å². The van der Waals surface area contributed by atoms with Gasteiger partial charge in [0.2, 0.25) is 0 Å². The van der Waals surface area contributed by atoms with Gasteiger partial charge in [-0.2, -0.15) is 0 Å². The van der Waals surface area contributed by atoms with Crippen LogP contribution >= 0.6 is 23.2 Å². The molecule has 2 rings (SSSR count). The number of likely N-dealkylation sites (tertiary alicyclic amines) is 1. The van der Waals surface area contributed by atoms with Crippen molar-refractivity contribution in [2.24, 2.45) is 5.92 Å². The van der Waals surface area contributed by atoms with Crippen molar-refractivity contribution in [2.45, 2.75) is 25.9 Å². The molecule has 0 bridgehead atoms. The fourth-order valence-electron chi connectivity index (χ4n) is 3.06. The second kappa shape index (κ2) is 7.73. The molecule has 2 atom stereocenters. The van der Waals surface area contributed by atoms with Crippen LogP contribution in [0.5, 0.6) is 11.5 Å². The molecule has 2 unspecified atom stereocenters. The monoisotopic (exact) mass is 347 g/mol. The van der Waals surface area contributed by atoms with Crippen LogP contribution in [0, 0.1) is 5.92 Å². The third-order valence-electron chi connectivity index (χ3n) is 4.32. The summed E-state index contributed by atoms with van der Waals surface area (Å²) < 4.78 is 10.7. The van der Waals surface area contributed by atoms with Crippen molar-refractivity contribution in [3.05, 3.63) is 21.7 Å². The van der Waals surface area contributed by atoms with Crippen LogP contribution in [-0.2, 0) is 6.42 Å². The normalized spacial score (nSPS) is 22.6. The van der Waals surface area contributed by atoms with E-state index in [0.717, 1.165) is 31.6 Å². The Kier molecular flexibility index (Phi) is 6.21. The van der Waals surface area contributed by atoms with Gasteiger partial charge in [0.15, 0.2) is 5.75 Å². The molecule has 1 aromatic carbocycles. The number of ether oxygens (including phenoxy) is 2. The maximum atomic E-state index is 10.3. The molecule has 1 fully saturated rings. The summed E-state index contributed by atoms with van der Waals surface area (Å²) in [5.41, 5.74) is 0.903. The lowest BCUT2D eigenvalue weighted by Crippen LogP contribution is -2.43. The lowest BCUT2D eigenvalue weighted by molar-refractivity contribution is 0.0288. The number of benzene rings is 1. The molecule has 1 N–H and O–H groups in total. The maximum absolute atomic E-state index is 10.3. The summed E-state index contributed by atoms with van der Waals surface area (Å²) in [5.74, 6) is 1.13. The Bertz CT molecular complexity index is 525. The molecule has 0 saturated carbocycles. The third kappa shape index (κ3) is 3.62. The number of aliphatic hydroxyl groups is 1. The highest BCUT2D eigenvalue weighted by molar-refractivity contribution is 6.38. The van der Waals surface area contributed by atoms with Crippen LogP contribution < -0.4 is 9.47 Å². The van der Waals surface area contributed by atoms with E-state index in [4.69, 9.17) is 32.7 Å². The van der Waals surface area contributed by atoms with Crippen molar-refractivity contribution < 1.29 is 14.6 Å². The number of halogens is 2. The first-order chi connectivity index (χ1) is 10.5. The summed E-state index contributed by atoms with van der Waals surface area (Å²) in [4.78, 5) is 2.34. The predicted octanol–water partition coefficient (Wildman–Crippen LogP) is 3.26. The highest BCUT2D eigenvalue weighted by Gasteiger charge is 2.29. The first-order valence-electron chi connectivity index (χ1n) is 7.51. The SMILES string of the molecule is CCN1CCC(O)C(Cc2cc(Cl)c(OC)c(Cl)c2OC)C1. The van der Waals surface area contributed by atoms with Crippen molar-refractivity contribution in [1.82, 2.24) is 4.90 Å². The zero-order valence-corrected chi connectivity index (χ0v) is 14.7. The van der Waals surface area contributed by atoms with E-state index >= 15 is 0 Å². The highest BCUT2D eigenvalue weighted by Crippen LogP contribution is 2.43. The molecule has 22 heavy (non-hydrogen) atoms. The van der Waals surface area contributed by atoms with E-state index in [1.165, 1.54) is 7.11 Å². The summed E-state index contributed by atoms with van der Waals surface area (Å²) in [5, 5.41) is 11.1. The first kappa shape index (κ1) is 17.7. The molecule has 0 amide bonds. The van der Waals surface area contributed by atoms with Gasteiger partial charge in [0.05, 0.1) is 25.3 Å². The highest BCUT2D eigenvalue weighted by atomic mass is 35.5. The van der Waals surface area contributed by atoms with Gasteiger partial charge in [0.25, 0.3) is 0 Å². The number of hydrogen-bond acceptors (Lipinski definition) is 4. The van der Waals surface area contributed by atoms with Crippen LogP contribution in [0.15, 0.2) is 6.07 Å². The molecule has 1 aliphatic heterocycles. The molecular formula is C16H23Cl2NO3. The smallest absolute Gasteiger partial charge is 0.159 e. The lowest BCUT2D eigenvalue weighted by atomic mass is 9.88. The zero-order valence-electron chi connectivity index (χ0n) is 13.2. The number of methoxy groups -OCH3 is 2. The number of aliphatic hydroxyl groups excluding tert-OH is 1. The van der Waals surface area contributed by atoms with Gasteiger partial charge in [-0.25, -0.2) is 0 Å². The van der Waals surface area contributed by atoms with Crippen LogP contribution in [0.25, 0.3) is 0 Å². The van der Waals surface area contributed by atoms with Crippen molar-refractivity contribution in [1.29, 1.82) is 0 Å². The number of rotatable bonds is 5. The van der Waals surface area contributed by atoms with Crippen molar-refractivity contribution >= 4 is 23.2 Å². The molecule has 4 nitrogen and oxygen atoms in total. The third-order valence-corrected chi connectivity index (χ3v) is 4.95. The van der Waals surface area contributed by atoms with E-state index in [1.54, 1.807) is 7.11 Å². The van der Waals surface area contributed by atoms with Crippen molar-refractivity contribution in [2.75, 3.05) is 33.9 Å². The lowest BCUT2D eigenvalue weighted by Gasteiger charge is -2.36. The molecule has 124 valence electrons. The minimum absolute atomic E-state index is 0.142. The first-order valence-corrected chi connectivity index (χ1v) is 8.26. The fourth-order valence-corrected chi connectivity index (χ4v) is 3.79. The Morgan fingerprint density at radius 1 is 1.27 bits per heavy atom. The molecule has 0 aromatic heterocycles.